The molecule has 2 fully saturated rings. The van der Waals surface area contributed by atoms with Crippen molar-refractivity contribution in [2.24, 2.45) is 16.7 Å². The molecule has 0 heterocycles. The average Bonchev–Trinajstić information content (AvgIpc) is 2.69. The molecule has 2 aliphatic rings. The zero-order valence-electron chi connectivity index (χ0n) is 13.2. The maximum Gasteiger partial charge on any atom is 0.305 e. The number of rotatable bonds is 3. The Bertz CT molecular complexity index is 311. The molecule has 0 aromatic rings. The summed E-state index contributed by atoms with van der Waals surface area (Å²) in [5.41, 5.74) is 0.601. The fourth-order valence-electron chi connectivity index (χ4n) is 3.48. The molecule has 2 saturated carbocycles. The maximum atomic E-state index is 10.3. The van der Waals surface area contributed by atoms with Crippen LogP contribution in [0.2, 0.25) is 0 Å². The van der Waals surface area contributed by atoms with Gasteiger partial charge in [0.15, 0.2) is 0 Å². The van der Waals surface area contributed by atoms with Crippen LogP contribution in [0.15, 0.2) is 0 Å². The highest BCUT2D eigenvalue weighted by atomic mass is 16.5. The molecule has 3 unspecified atom stereocenters. The Hall–Kier alpha value is -0.570. The van der Waals surface area contributed by atoms with E-state index in [0.29, 0.717) is 18.4 Å². The Labute approximate surface area is 117 Å². The summed E-state index contributed by atoms with van der Waals surface area (Å²) in [5.74, 6) is 0.675. The lowest BCUT2D eigenvalue weighted by Gasteiger charge is -2.36. The summed E-state index contributed by atoms with van der Waals surface area (Å²) in [7, 11) is 0. The fourth-order valence-corrected chi connectivity index (χ4v) is 3.48. The Morgan fingerprint density at radius 1 is 1.32 bits per heavy atom. The van der Waals surface area contributed by atoms with Crippen LogP contribution in [0.1, 0.15) is 66.7 Å². The lowest BCUT2D eigenvalue weighted by molar-refractivity contribution is -0.143. The van der Waals surface area contributed by atoms with E-state index < -0.39 is 0 Å². The van der Waals surface area contributed by atoms with Crippen molar-refractivity contribution in [3.63, 3.8) is 0 Å². The Morgan fingerprint density at radius 2 is 1.95 bits per heavy atom. The molecule has 3 nitrogen and oxygen atoms in total. The van der Waals surface area contributed by atoms with Crippen molar-refractivity contribution in [2.45, 2.75) is 72.8 Å². The van der Waals surface area contributed by atoms with Crippen LogP contribution >= 0.6 is 0 Å². The fraction of sp³-hybridized carbons (Fsp3) is 0.938. The van der Waals surface area contributed by atoms with Crippen LogP contribution in [0, 0.1) is 16.7 Å². The zero-order valence-corrected chi connectivity index (χ0v) is 13.2. The predicted molar refractivity (Wildman–Crippen MR) is 76.8 cm³/mol. The van der Waals surface area contributed by atoms with E-state index in [-0.39, 0.29) is 17.5 Å². The highest BCUT2D eigenvalue weighted by molar-refractivity contribution is 5.68. The van der Waals surface area contributed by atoms with Gasteiger partial charge in [-0.3, -0.25) is 4.79 Å². The van der Waals surface area contributed by atoms with Gasteiger partial charge in [-0.15, -0.1) is 0 Å². The third-order valence-electron chi connectivity index (χ3n) is 5.50. The lowest BCUT2D eigenvalue weighted by Crippen LogP contribution is -2.35. The normalized spacial score (nSPS) is 34.6. The van der Waals surface area contributed by atoms with Crippen LogP contribution in [0.25, 0.3) is 0 Å². The van der Waals surface area contributed by atoms with Gasteiger partial charge in [-0.2, -0.15) is 0 Å². The van der Waals surface area contributed by atoms with Crippen LogP contribution in [-0.4, -0.2) is 23.8 Å². The minimum atomic E-state index is -0.105. The number of hydrogen-bond acceptors (Lipinski definition) is 3. The third-order valence-corrected chi connectivity index (χ3v) is 5.50. The molecule has 2 rings (SSSR count). The van der Waals surface area contributed by atoms with Crippen molar-refractivity contribution in [2.75, 3.05) is 6.61 Å². The number of aliphatic hydroxyl groups excluding tert-OH is 1. The topological polar surface area (TPSA) is 46.5 Å². The second-order valence-corrected chi connectivity index (χ2v) is 6.70. The van der Waals surface area contributed by atoms with Gasteiger partial charge in [-0.25, -0.2) is 0 Å². The van der Waals surface area contributed by atoms with E-state index in [1.54, 1.807) is 6.92 Å². The molecule has 0 radical (unpaired) electrons. The number of hydrogen-bond donors (Lipinski definition) is 1. The summed E-state index contributed by atoms with van der Waals surface area (Å²) in [5, 5.41) is 9.81. The first-order chi connectivity index (χ1) is 8.79. The molecule has 0 spiro atoms. The third kappa shape index (κ3) is 3.13. The van der Waals surface area contributed by atoms with E-state index in [4.69, 9.17) is 4.74 Å². The summed E-state index contributed by atoms with van der Waals surface area (Å²) in [6, 6.07) is 0. The molecule has 2 aliphatic carbocycles. The van der Waals surface area contributed by atoms with Gasteiger partial charge in [0, 0.05) is 6.42 Å². The van der Waals surface area contributed by atoms with E-state index in [0.717, 1.165) is 18.8 Å². The van der Waals surface area contributed by atoms with Gasteiger partial charge >= 0.3 is 5.97 Å². The summed E-state index contributed by atoms with van der Waals surface area (Å²) in [6.07, 6.45) is 4.97. The summed E-state index contributed by atoms with van der Waals surface area (Å²) in [6.45, 7) is 11.2. The molecule has 0 aromatic carbocycles. The van der Waals surface area contributed by atoms with E-state index in [1.807, 2.05) is 6.92 Å². The molecule has 19 heavy (non-hydrogen) atoms. The second-order valence-electron chi connectivity index (χ2n) is 6.70. The Kier molecular flexibility index (Phi) is 5.43. The van der Waals surface area contributed by atoms with Crippen molar-refractivity contribution < 1.29 is 14.6 Å². The highest BCUT2D eigenvalue weighted by Crippen LogP contribution is 2.65. The number of aliphatic hydroxyl groups is 1. The monoisotopic (exact) mass is 270 g/mol. The van der Waals surface area contributed by atoms with E-state index in [9.17, 15) is 9.90 Å². The smallest absolute Gasteiger partial charge is 0.305 e. The lowest BCUT2D eigenvalue weighted by atomic mass is 9.70. The van der Waals surface area contributed by atoms with Crippen molar-refractivity contribution in [1.29, 1.82) is 0 Å². The molecule has 0 aromatic heterocycles. The highest BCUT2D eigenvalue weighted by Gasteiger charge is 2.60. The van der Waals surface area contributed by atoms with Gasteiger partial charge in [-0.05, 0) is 42.4 Å². The molecular formula is C16H30O3. The van der Waals surface area contributed by atoms with Gasteiger partial charge in [0.2, 0.25) is 0 Å². The van der Waals surface area contributed by atoms with Crippen molar-refractivity contribution in [3.8, 4) is 0 Å². The van der Waals surface area contributed by atoms with Crippen molar-refractivity contribution >= 4 is 5.97 Å². The molecule has 0 saturated heterocycles. The van der Waals surface area contributed by atoms with Crippen LogP contribution in [0.4, 0.5) is 0 Å². The zero-order chi connectivity index (χ0) is 14.7. The van der Waals surface area contributed by atoms with Gasteiger partial charge in [0.25, 0.3) is 0 Å². The Morgan fingerprint density at radius 3 is 2.21 bits per heavy atom. The first-order valence-electron chi connectivity index (χ1n) is 7.63. The minimum absolute atomic E-state index is 0.0313. The van der Waals surface area contributed by atoms with E-state index in [2.05, 4.69) is 20.8 Å². The number of ether oxygens (including phenoxy) is 1. The number of carbonyl (C=O) groups is 1. The van der Waals surface area contributed by atoms with Crippen LogP contribution in [-0.2, 0) is 9.53 Å². The Balaban J connectivity index is 0.000000203. The second kappa shape index (κ2) is 6.25. The molecule has 112 valence electrons. The van der Waals surface area contributed by atoms with Gasteiger partial charge in [0.05, 0.1) is 12.7 Å². The molecule has 0 aliphatic heterocycles. The summed E-state index contributed by atoms with van der Waals surface area (Å²) >= 11 is 0. The van der Waals surface area contributed by atoms with Crippen LogP contribution < -0.4 is 0 Å². The maximum absolute atomic E-state index is 10.3. The van der Waals surface area contributed by atoms with E-state index >= 15 is 0 Å². The molecule has 2 bridgehead atoms. The van der Waals surface area contributed by atoms with Crippen molar-refractivity contribution in [3.05, 3.63) is 0 Å². The first-order valence-corrected chi connectivity index (χ1v) is 7.63. The first kappa shape index (κ1) is 16.5. The quantitative estimate of drug-likeness (QED) is 0.798. The standard InChI is InChI=1S/C10H18O.C6H12O2/c1-9(2)7-4-5-10(9,3)8(11)6-7;1-3-5-8-6(7)4-2/h7-8,11H,4-6H2,1-3H3;3-5H2,1-2H3. The largest absolute Gasteiger partial charge is 0.466 e. The van der Waals surface area contributed by atoms with E-state index in [1.165, 1.54) is 12.8 Å². The van der Waals surface area contributed by atoms with Gasteiger partial charge < -0.3 is 9.84 Å². The summed E-state index contributed by atoms with van der Waals surface area (Å²) < 4.78 is 4.70. The average molecular weight is 270 g/mol. The minimum Gasteiger partial charge on any atom is -0.466 e. The van der Waals surface area contributed by atoms with Crippen molar-refractivity contribution in [1.82, 2.24) is 0 Å². The molecule has 3 heteroatoms. The van der Waals surface area contributed by atoms with Gasteiger partial charge in [0.1, 0.15) is 0 Å². The predicted octanol–water partition coefficient (Wildman–Crippen LogP) is 3.54. The molecule has 3 atom stereocenters. The summed E-state index contributed by atoms with van der Waals surface area (Å²) in [4.78, 5) is 10.3. The molecule has 0 amide bonds. The number of carbonyl (C=O) groups excluding carboxylic acids is 1. The van der Waals surface area contributed by atoms with Crippen LogP contribution in [0.5, 0.6) is 0 Å². The molecule has 1 N–H and O–H groups in total. The number of fused-ring (bicyclic) bond motifs is 2. The molecular weight excluding hydrogens is 240 g/mol. The SMILES string of the molecule is CC1(C)C2CCC1(C)C(O)C2.CCCOC(=O)CC. The van der Waals surface area contributed by atoms with Crippen LogP contribution in [0.3, 0.4) is 0 Å². The number of esters is 1. The van der Waals surface area contributed by atoms with Gasteiger partial charge in [-0.1, -0.05) is 34.6 Å².